The van der Waals surface area contributed by atoms with Gasteiger partial charge < -0.3 is 9.88 Å². The van der Waals surface area contributed by atoms with Crippen LogP contribution in [-0.4, -0.2) is 27.9 Å². The maximum atomic E-state index is 10.7. The molecule has 0 aromatic carbocycles. The van der Waals surface area contributed by atoms with Gasteiger partial charge in [0.25, 0.3) is 0 Å². The molecule has 0 saturated carbocycles. The second-order valence-electron chi connectivity index (χ2n) is 2.28. The summed E-state index contributed by atoms with van der Waals surface area (Å²) in [4.78, 5) is 14.5. The van der Waals surface area contributed by atoms with Gasteiger partial charge in [0.15, 0.2) is 0 Å². The molecule has 1 N–H and O–H groups in total. The number of rotatable bonds is 4. The van der Waals surface area contributed by atoms with E-state index in [1.54, 1.807) is 12.5 Å². The molecule has 5 heteroatoms. The van der Waals surface area contributed by atoms with Gasteiger partial charge in [0.2, 0.25) is 5.91 Å². The second-order valence-corrected chi connectivity index (χ2v) is 2.55. The van der Waals surface area contributed by atoms with Gasteiger partial charge in [0, 0.05) is 25.5 Å². The maximum Gasteiger partial charge on any atom is 0.234 e. The zero-order chi connectivity index (χ0) is 8.81. The molecule has 1 amide bonds. The fourth-order valence-corrected chi connectivity index (χ4v) is 0.885. The lowest BCUT2D eigenvalue weighted by Gasteiger charge is -2.02. The van der Waals surface area contributed by atoms with Crippen molar-refractivity contribution in [2.75, 3.05) is 12.4 Å². The number of amides is 1. The molecule has 0 fully saturated rings. The van der Waals surface area contributed by atoms with Gasteiger partial charge in [-0.2, -0.15) is 0 Å². The number of nitrogens with one attached hydrogen (secondary N) is 1. The Morgan fingerprint density at radius 3 is 3.08 bits per heavy atom. The SMILES string of the molecule is O=C(CCl)NCCn1ccnc1. The van der Waals surface area contributed by atoms with Gasteiger partial charge in [-0.1, -0.05) is 0 Å². The highest BCUT2D eigenvalue weighted by Crippen LogP contribution is 1.83. The van der Waals surface area contributed by atoms with Gasteiger partial charge in [-0.25, -0.2) is 4.98 Å². The zero-order valence-corrected chi connectivity index (χ0v) is 7.29. The molecular formula is C7H10ClN3O. The Bertz CT molecular complexity index is 235. The van der Waals surface area contributed by atoms with Crippen LogP contribution in [0.4, 0.5) is 0 Å². The molecule has 1 rings (SSSR count). The first-order valence-corrected chi connectivity index (χ1v) is 4.15. The molecule has 1 aromatic rings. The number of hydrogen-bond donors (Lipinski definition) is 1. The van der Waals surface area contributed by atoms with Crippen molar-refractivity contribution in [1.29, 1.82) is 0 Å². The summed E-state index contributed by atoms with van der Waals surface area (Å²) in [5, 5.41) is 2.65. The van der Waals surface area contributed by atoms with E-state index in [1.165, 1.54) is 0 Å². The van der Waals surface area contributed by atoms with E-state index >= 15 is 0 Å². The Morgan fingerprint density at radius 2 is 2.50 bits per heavy atom. The highest BCUT2D eigenvalue weighted by molar-refractivity contribution is 6.27. The monoisotopic (exact) mass is 187 g/mol. The van der Waals surface area contributed by atoms with Crippen molar-refractivity contribution in [1.82, 2.24) is 14.9 Å². The summed E-state index contributed by atoms with van der Waals surface area (Å²) in [7, 11) is 0. The summed E-state index contributed by atoms with van der Waals surface area (Å²) in [6.45, 7) is 1.31. The summed E-state index contributed by atoms with van der Waals surface area (Å²) in [6.07, 6.45) is 5.24. The molecule has 12 heavy (non-hydrogen) atoms. The van der Waals surface area contributed by atoms with Gasteiger partial charge in [-0.05, 0) is 0 Å². The molecule has 0 aliphatic carbocycles. The molecule has 1 heterocycles. The largest absolute Gasteiger partial charge is 0.353 e. The number of hydrogen-bond acceptors (Lipinski definition) is 2. The van der Waals surface area contributed by atoms with E-state index in [0.29, 0.717) is 6.54 Å². The van der Waals surface area contributed by atoms with Crippen LogP contribution in [0.3, 0.4) is 0 Å². The van der Waals surface area contributed by atoms with Crippen LogP contribution in [0.2, 0.25) is 0 Å². The molecule has 0 atom stereocenters. The lowest BCUT2D eigenvalue weighted by molar-refractivity contribution is -0.118. The highest BCUT2D eigenvalue weighted by Gasteiger charge is 1.95. The minimum atomic E-state index is -0.142. The van der Waals surface area contributed by atoms with Crippen molar-refractivity contribution in [2.24, 2.45) is 0 Å². The van der Waals surface area contributed by atoms with Crippen molar-refractivity contribution in [3.8, 4) is 0 Å². The summed E-state index contributed by atoms with van der Waals surface area (Å²) in [6, 6.07) is 0. The van der Waals surface area contributed by atoms with E-state index in [9.17, 15) is 4.79 Å². The average Bonchev–Trinajstić information content (AvgIpc) is 2.57. The highest BCUT2D eigenvalue weighted by atomic mass is 35.5. The van der Waals surface area contributed by atoms with Crippen molar-refractivity contribution in [3.63, 3.8) is 0 Å². The molecule has 1 aromatic heterocycles. The number of halogens is 1. The molecule has 0 aliphatic rings. The molecule has 0 bridgehead atoms. The van der Waals surface area contributed by atoms with E-state index in [-0.39, 0.29) is 11.8 Å². The molecule has 0 unspecified atom stereocenters. The van der Waals surface area contributed by atoms with Crippen molar-refractivity contribution < 1.29 is 4.79 Å². The van der Waals surface area contributed by atoms with Gasteiger partial charge in [0.05, 0.1) is 6.33 Å². The van der Waals surface area contributed by atoms with Gasteiger partial charge >= 0.3 is 0 Å². The van der Waals surface area contributed by atoms with E-state index in [0.717, 1.165) is 6.54 Å². The quantitative estimate of drug-likeness (QED) is 0.687. The van der Waals surface area contributed by atoms with Crippen LogP contribution in [0.1, 0.15) is 0 Å². The van der Waals surface area contributed by atoms with Crippen LogP contribution in [0.15, 0.2) is 18.7 Å². The summed E-state index contributed by atoms with van der Waals surface area (Å²) < 4.78 is 1.88. The van der Waals surface area contributed by atoms with Crippen LogP contribution >= 0.6 is 11.6 Å². The average molecular weight is 188 g/mol. The van der Waals surface area contributed by atoms with Gasteiger partial charge in [-0.15, -0.1) is 11.6 Å². The molecule has 0 spiro atoms. The lowest BCUT2D eigenvalue weighted by Crippen LogP contribution is -2.27. The summed E-state index contributed by atoms with van der Waals surface area (Å²) in [5.74, 6) is -0.124. The van der Waals surface area contributed by atoms with Crippen LogP contribution in [0.5, 0.6) is 0 Å². The predicted octanol–water partition coefficient (Wildman–Crippen LogP) is 0.238. The molecule has 4 nitrogen and oxygen atoms in total. The minimum absolute atomic E-state index is 0.0178. The fraction of sp³-hybridized carbons (Fsp3) is 0.429. The van der Waals surface area contributed by atoms with E-state index in [2.05, 4.69) is 10.3 Å². The van der Waals surface area contributed by atoms with Crippen LogP contribution in [-0.2, 0) is 11.3 Å². The molecular weight excluding hydrogens is 178 g/mol. The maximum absolute atomic E-state index is 10.7. The minimum Gasteiger partial charge on any atom is -0.353 e. The molecule has 0 aliphatic heterocycles. The Hall–Kier alpha value is -1.03. The topological polar surface area (TPSA) is 46.9 Å². The molecule has 66 valence electrons. The van der Waals surface area contributed by atoms with Crippen molar-refractivity contribution in [3.05, 3.63) is 18.7 Å². The van der Waals surface area contributed by atoms with E-state index in [4.69, 9.17) is 11.6 Å². The smallest absolute Gasteiger partial charge is 0.234 e. The van der Waals surface area contributed by atoms with Crippen molar-refractivity contribution >= 4 is 17.5 Å². The third-order valence-corrected chi connectivity index (χ3v) is 1.62. The first-order valence-electron chi connectivity index (χ1n) is 3.61. The van der Waals surface area contributed by atoms with Crippen LogP contribution in [0, 0.1) is 0 Å². The lowest BCUT2D eigenvalue weighted by atomic mass is 10.5. The first-order chi connectivity index (χ1) is 5.83. The number of carbonyl (C=O) groups excluding carboxylic acids is 1. The third kappa shape index (κ3) is 2.92. The zero-order valence-electron chi connectivity index (χ0n) is 6.53. The number of imidazole rings is 1. The Kier molecular flexibility index (Phi) is 3.60. The Balaban J connectivity index is 2.15. The number of alkyl halides is 1. The normalized spacial score (nSPS) is 9.75. The number of aromatic nitrogens is 2. The van der Waals surface area contributed by atoms with E-state index in [1.807, 2.05) is 10.8 Å². The molecule has 0 radical (unpaired) electrons. The third-order valence-electron chi connectivity index (χ3n) is 1.37. The Labute approximate surface area is 75.5 Å². The van der Waals surface area contributed by atoms with Gasteiger partial charge in [0.1, 0.15) is 5.88 Å². The predicted molar refractivity (Wildman–Crippen MR) is 46.0 cm³/mol. The Morgan fingerprint density at radius 1 is 1.67 bits per heavy atom. The van der Waals surface area contributed by atoms with Crippen molar-refractivity contribution in [2.45, 2.75) is 6.54 Å². The van der Waals surface area contributed by atoms with Crippen LogP contribution in [0.25, 0.3) is 0 Å². The standard InChI is InChI=1S/C7H10ClN3O/c8-5-7(12)10-2-4-11-3-1-9-6-11/h1,3,6H,2,4-5H2,(H,10,12). The number of carbonyl (C=O) groups is 1. The van der Waals surface area contributed by atoms with Crippen LogP contribution < -0.4 is 5.32 Å². The van der Waals surface area contributed by atoms with Gasteiger partial charge in [-0.3, -0.25) is 4.79 Å². The number of nitrogens with zero attached hydrogens (tertiary/aromatic N) is 2. The summed E-state index contributed by atoms with van der Waals surface area (Å²) >= 11 is 5.28. The first kappa shape index (κ1) is 9.06. The molecule has 0 saturated heterocycles. The second kappa shape index (κ2) is 4.77. The van der Waals surface area contributed by atoms with E-state index < -0.39 is 0 Å². The fourth-order valence-electron chi connectivity index (χ4n) is 0.791. The summed E-state index contributed by atoms with van der Waals surface area (Å²) in [5.41, 5.74) is 0.